The van der Waals surface area contributed by atoms with Crippen LogP contribution in [0.2, 0.25) is 0 Å². The lowest BCUT2D eigenvalue weighted by Gasteiger charge is -1.85. The maximum Gasteiger partial charge on any atom is 0.146 e. The van der Waals surface area contributed by atoms with Crippen LogP contribution < -0.4 is 5.73 Å². The SMILES string of the molecule is CC/C(C=O)=C\C=C/N. The number of nitrogens with two attached hydrogens (primary N) is 1. The number of allylic oxidation sites excluding steroid dienone is 3. The Balaban J connectivity index is 3.90. The summed E-state index contributed by atoms with van der Waals surface area (Å²) in [7, 11) is 0. The molecule has 0 bridgehead atoms. The molecule has 0 saturated carbocycles. The van der Waals surface area contributed by atoms with Crippen molar-refractivity contribution in [1.82, 2.24) is 0 Å². The van der Waals surface area contributed by atoms with Crippen molar-refractivity contribution in [2.75, 3.05) is 0 Å². The van der Waals surface area contributed by atoms with E-state index >= 15 is 0 Å². The van der Waals surface area contributed by atoms with Crippen LogP contribution in [0.4, 0.5) is 0 Å². The molecule has 2 heteroatoms. The third-order valence-electron chi connectivity index (χ3n) is 0.981. The largest absolute Gasteiger partial charge is 0.405 e. The molecule has 0 radical (unpaired) electrons. The maximum absolute atomic E-state index is 10.1. The molecule has 0 aliphatic heterocycles. The monoisotopic (exact) mass is 125 g/mol. The zero-order valence-corrected chi connectivity index (χ0v) is 5.50. The lowest BCUT2D eigenvalue weighted by molar-refractivity contribution is -0.105. The Morgan fingerprint density at radius 2 is 2.33 bits per heavy atom. The van der Waals surface area contributed by atoms with Gasteiger partial charge in [0.25, 0.3) is 0 Å². The molecule has 2 nitrogen and oxygen atoms in total. The van der Waals surface area contributed by atoms with E-state index in [2.05, 4.69) is 0 Å². The van der Waals surface area contributed by atoms with Crippen molar-refractivity contribution in [3.8, 4) is 0 Å². The number of carbonyl (C=O) groups is 1. The first-order valence-corrected chi connectivity index (χ1v) is 2.87. The Bertz CT molecular complexity index is 136. The van der Waals surface area contributed by atoms with Gasteiger partial charge in [0.05, 0.1) is 0 Å². The second-order valence-electron chi connectivity index (χ2n) is 1.60. The summed E-state index contributed by atoms with van der Waals surface area (Å²) in [5.41, 5.74) is 5.81. The minimum atomic E-state index is 0.758. The van der Waals surface area contributed by atoms with Crippen molar-refractivity contribution in [1.29, 1.82) is 0 Å². The third-order valence-corrected chi connectivity index (χ3v) is 0.981. The zero-order chi connectivity index (χ0) is 7.11. The fourth-order valence-electron chi connectivity index (χ4n) is 0.420. The number of rotatable bonds is 3. The summed E-state index contributed by atoms with van der Waals surface area (Å²) < 4.78 is 0. The Hall–Kier alpha value is -1.05. The predicted octanol–water partition coefficient (Wildman–Crippen LogP) is 0.994. The molecule has 0 rings (SSSR count). The molecule has 2 N–H and O–H groups in total. The van der Waals surface area contributed by atoms with Gasteiger partial charge in [0, 0.05) is 0 Å². The van der Waals surface area contributed by atoms with Gasteiger partial charge in [0.1, 0.15) is 6.29 Å². The molecule has 9 heavy (non-hydrogen) atoms. The zero-order valence-electron chi connectivity index (χ0n) is 5.50. The van der Waals surface area contributed by atoms with Gasteiger partial charge in [0.2, 0.25) is 0 Å². The van der Waals surface area contributed by atoms with Gasteiger partial charge in [0.15, 0.2) is 0 Å². The summed E-state index contributed by atoms with van der Waals surface area (Å²) in [5.74, 6) is 0. The van der Waals surface area contributed by atoms with Crippen molar-refractivity contribution in [2.45, 2.75) is 13.3 Å². The summed E-state index contributed by atoms with van der Waals surface area (Å²) in [5, 5.41) is 0. The highest BCUT2D eigenvalue weighted by Crippen LogP contribution is 1.94. The molecule has 0 aromatic carbocycles. The molecule has 0 aromatic heterocycles. The molecular formula is C7H11NO. The van der Waals surface area contributed by atoms with E-state index in [1.807, 2.05) is 6.92 Å². The molecule has 0 aliphatic carbocycles. The van der Waals surface area contributed by atoms with Crippen LogP contribution in [-0.2, 0) is 4.79 Å². The molecule has 0 fully saturated rings. The molecule has 0 spiro atoms. The first-order chi connectivity index (χ1) is 4.35. The van der Waals surface area contributed by atoms with Crippen molar-refractivity contribution in [2.24, 2.45) is 5.73 Å². The summed E-state index contributed by atoms with van der Waals surface area (Å²) in [6.45, 7) is 1.92. The second kappa shape index (κ2) is 5.09. The summed E-state index contributed by atoms with van der Waals surface area (Å²) in [6, 6.07) is 0. The first kappa shape index (κ1) is 7.95. The Morgan fingerprint density at radius 3 is 2.67 bits per heavy atom. The Labute approximate surface area is 55.1 Å². The van der Waals surface area contributed by atoms with Gasteiger partial charge in [-0.15, -0.1) is 0 Å². The maximum atomic E-state index is 10.1. The van der Waals surface area contributed by atoms with E-state index < -0.39 is 0 Å². The molecule has 50 valence electrons. The predicted molar refractivity (Wildman–Crippen MR) is 37.8 cm³/mol. The molecule has 0 amide bonds. The molecule has 0 heterocycles. The van der Waals surface area contributed by atoms with Gasteiger partial charge in [-0.3, -0.25) is 4.79 Å². The smallest absolute Gasteiger partial charge is 0.146 e. The van der Waals surface area contributed by atoms with E-state index in [1.54, 1.807) is 12.2 Å². The lowest BCUT2D eigenvalue weighted by atomic mass is 10.2. The van der Waals surface area contributed by atoms with Crippen molar-refractivity contribution >= 4 is 6.29 Å². The third kappa shape index (κ3) is 3.53. The number of hydrogen-bond acceptors (Lipinski definition) is 2. The molecule has 0 atom stereocenters. The quantitative estimate of drug-likeness (QED) is 0.347. The van der Waals surface area contributed by atoms with Gasteiger partial charge in [-0.2, -0.15) is 0 Å². The average Bonchev–Trinajstić information content (AvgIpc) is 1.91. The lowest BCUT2D eigenvalue weighted by Crippen LogP contribution is -1.80. The van der Waals surface area contributed by atoms with Crippen LogP contribution in [0.15, 0.2) is 23.9 Å². The topological polar surface area (TPSA) is 43.1 Å². The van der Waals surface area contributed by atoms with Crippen molar-refractivity contribution in [3.63, 3.8) is 0 Å². The van der Waals surface area contributed by atoms with Crippen LogP contribution in [0.3, 0.4) is 0 Å². The highest BCUT2D eigenvalue weighted by molar-refractivity contribution is 5.73. The molecule has 0 aromatic rings. The van der Waals surface area contributed by atoms with Crippen molar-refractivity contribution in [3.05, 3.63) is 23.9 Å². The molecule has 0 aliphatic rings. The Kier molecular flexibility index (Phi) is 4.50. The number of aldehydes is 1. The van der Waals surface area contributed by atoms with Crippen LogP contribution in [0.5, 0.6) is 0 Å². The summed E-state index contributed by atoms with van der Waals surface area (Å²) >= 11 is 0. The highest BCUT2D eigenvalue weighted by Gasteiger charge is 1.84. The van der Waals surface area contributed by atoms with Crippen LogP contribution >= 0.6 is 0 Å². The fraction of sp³-hybridized carbons (Fsp3) is 0.286. The van der Waals surface area contributed by atoms with Gasteiger partial charge in [-0.05, 0) is 24.3 Å². The average molecular weight is 125 g/mol. The van der Waals surface area contributed by atoms with Gasteiger partial charge >= 0.3 is 0 Å². The number of carbonyl (C=O) groups excluding carboxylic acids is 1. The van der Waals surface area contributed by atoms with Crippen LogP contribution in [-0.4, -0.2) is 6.29 Å². The van der Waals surface area contributed by atoms with Gasteiger partial charge < -0.3 is 5.73 Å². The Morgan fingerprint density at radius 1 is 1.67 bits per heavy atom. The van der Waals surface area contributed by atoms with E-state index in [-0.39, 0.29) is 0 Å². The minimum absolute atomic E-state index is 0.758. The molecule has 0 unspecified atom stereocenters. The van der Waals surface area contributed by atoms with Gasteiger partial charge in [-0.1, -0.05) is 13.0 Å². The van der Waals surface area contributed by atoms with E-state index in [4.69, 9.17) is 5.73 Å². The highest BCUT2D eigenvalue weighted by atomic mass is 16.1. The molecular weight excluding hydrogens is 114 g/mol. The second-order valence-corrected chi connectivity index (χ2v) is 1.60. The van der Waals surface area contributed by atoms with Crippen molar-refractivity contribution < 1.29 is 4.79 Å². The minimum Gasteiger partial charge on any atom is -0.405 e. The van der Waals surface area contributed by atoms with E-state index in [1.165, 1.54) is 6.20 Å². The molecule has 0 saturated heterocycles. The van der Waals surface area contributed by atoms with E-state index in [0.717, 1.165) is 18.3 Å². The fourth-order valence-corrected chi connectivity index (χ4v) is 0.420. The van der Waals surface area contributed by atoms with Crippen LogP contribution in [0.25, 0.3) is 0 Å². The standard InChI is InChI=1S/C7H11NO/c1-2-7(6-9)4-3-5-8/h3-6H,2,8H2,1H3/b5-3-,7-4+. The van der Waals surface area contributed by atoms with Crippen LogP contribution in [0, 0.1) is 0 Å². The summed E-state index contributed by atoms with van der Waals surface area (Å²) in [6.07, 6.45) is 6.34. The van der Waals surface area contributed by atoms with Crippen LogP contribution in [0.1, 0.15) is 13.3 Å². The van der Waals surface area contributed by atoms with E-state index in [9.17, 15) is 4.79 Å². The first-order valence-electron chi connectivity index (χ1n) is 2.87. The van der Waals surface area contributed by atoms with Gasteiger partial charge in [-0.25, -0.2) is 0 Å². The van der Waals surface area contributed by atoms with E-state index in [0.29, 0.717) is 0 Å². The number of hydrogen-bond donors (Lipinski definition) is 1. The summed E-state index contributed by atoms with van der Waals surface area (Å²) in [4.78, 5) is 10.1. The normalized spacial score (nSPS) is 12.3.